The maximum Gasteiger partial charge on any atom is 0.472 e. The van der Waals surface area contributed by atoms with Crippen molar-refractivity contribution in [1.29, 1.82) is 0 Å². The summed E-state index contributed by atoms with van der Waals surface area (Å²) in [4.78, 5) is 22.0. The number of esters is 1. The van der Waals surface area contributed by atoms with E-state index in [4.69, 9.17) is 13.8 Å². The maximum absolute atomic E-state index is 12.3. The van der Waals surface area contributed by atoms with Crippen molar-refractivity contribution in [2.45, 2.75) is 96.5 Å². The summed E-state index contributed by atoms with van der Waals surface area (Å²) in [6, 6.07) is 0. The molecule has 0 rings (SSSR count). The van der Waals surface area contributed by atoms with E-state index >= 15 is 0 Å². The number of quaternary nitrogens is 1. The third kappa shape index (κ3) is 21.1. The molecule has 0 radical (unpaired) electrons. The van der Waals surface area contributed by atoms with Crippen LogP contribution in [-0.2, 0) is 23.1 Å². The largest absolute Gasteiger partial charge is 0.472 e. The van der Waals surface area contributed by atoms with E-state index in [0.717, 1.165) is 12.8 Å². The Morgan fingerprint density at radius 1 is 0.969 bits per heavy atom. The third-order valence-corrected chi connectivity index (χ3v) is 6.12. The van der Waals surface area contributed by atoms with Gasteiger partial charge in [-0.15, -0.1) is 0 Å². The molecule has 0 aromatic carbocycles. The number of ether oxygens (including phenoxy) is 1. The average molecular weight is 479 g/mol. The number of hydrogen-bond donors (Lipinski definition) is 1. The fourth-order valence-corrected chi connectivity index (χ4v) is 4.42. The minimum atomic E-state index is -4.24. The molecule has 1 unspecified atom stereocenters. The Bertz CT molecular complexity index is 535. The highest BCUT2D eigenvalue weighted by Crippen LogP contribution is 2.45. The zero-order valence-corrected chi connectivity index (χ0v) is 22.0. The monoisotopic (exact) mass is 478 g/mol. The van der Waals surface area contributed by atoms with Gasteiger partial charge in [-0.25, -0.2) is 4.57 Å². The second-order valence-electron chi connectivity index (χ2n) is 9.57. The van der Waals surface area contributed by atoms with Crippen LogP contribution in [0.4, 0.5) is 0 Å². The van der Waals surface area contributed by atoms with Crippen molar-refractivity contribution in [3.05, 3.63) is 12.7 Å². The van der Waals surface area contributed by atoms with Crippen LogP contribution >= 0.6 is 7.82 Å². The number of rotatable bonds is 22. The highest BCUT2D eigenvalue weighted by atomic mass is 31.2. The first-order valence-corrected chi connectivity index (χ1v) is 13.8. The van der Waals surface area contributed by atoms with Gasteiger partial charge in [0.2, 0.25) is 0 Å². The Morgan fingerprint density at radius 2 is 1.47 bits per heavy atom. The summed E-state index contributed by atoms with van der Waals surface area (Å²) < 4.78 is 28.3. The molecule has 0 saturated carbocycles. The van der Waals surface area contributed by atoms with Gasteiger partial charge in [-0.2, -0.15) is 0 Å². The van der Waals surface area contributed by atoms with E-state index in [1.54, 1.807) is 0 Å². The average Bonchev–Trinajstić information content (AvgIpc) is 2.68. The number of carbonyl (C=O) groups is 1. The molecule has 0 aromatic heterocycles. The van der Waals surface area contributed by atoms with Crippen molar-refractivity contribution in [3.63, 3.8) is 0 Å². The molecule has 0 spiro atoms. The minimum absolute atomic E-state index is 0.0994. The van der Waals surface area contributed by atoms with Gasteiger partial charge in [-0.1, -0.05) is 90.2 Å². The van der Waals surface area contributed by atoms with Gasteiger partial charge in [-0.3, -0.25) is 13.8 Å². The summed E-state index contributed by atoms with van der Waals surface area (Å²) in [6.07, 6.45) is 15.2. The molecule has 8 heteroatoms. The molecule has 2 atom stereocenters. The Kier molecular flexibility index (Phi) is 18.3. The predicted octanol–water partition coefficient (Wildman–Crippen LogP) is 6.02. The Labute approximate surface area is 196 Å². The van der Waals surface area contributed by atoms with Gasteiger partial charge in [0.05, 0.1) is 34.2 Å². The summed E-state index contributed by atoms with van der Waals surface area (Å²) in [5, 5.41) is 0. The second-order valence-corrected chi connectivity index (χ2v) is 11.0. The molecule has 0 aliphatic carbocycles. The molecule has 0 fully saturated rings. The molecule has 0 amide bonds. The van der Waals surface area contributed by atoms with E-state index in [1.807, 2.05) is 21.1 Å². The van der Waals surface area contributed by atoms with E-state index in [-0.39, 0.29) is 19.6 Å². The highest BCUT2D eigenvalue weighted by molar-refractivity contribution is 7.47. The van der Waals surface area contributed by atoms with Gasteiger partial charge in [-0.05, 0) is 6.42 Å². The van der Waals surface area contributed by atoms with Crippen LogP contribution in [0, 0.1) is 0 Å². The SMILES string of the molecule is C=CCOC(=O)C[C@H](C[N+](C)(C)C)OP(=O)(O)OCCCCCCCCCCCCCC. The smallest absolute Gasteiger partial charge is 0.461 e. The lowest BCUT2D eigenvalue weighted by Gasteiger charge is -2.29. The molecule has 1 N–H and O–H groups in total. The van der Waals surface area contributed by atoms with E-state index < -0.39 is 19.9 Å². The van der Waals surface area contributed by atoms with Crippen LogP contribution in [-0.4, -0.2) is 62.4 Å². The van der Waals surface area contributed by atoms with Crippen LogP contribution < -0.4 is 0 Å². The van der Waals surface area contributed by atoms with Gasteiger partial charge in [0, 0.05) is 0 Å². The molecule has 32 heavy (non-hydrogen) atoms. The first-order valence-electron chi connectivity index (χ1n) is 12.3. The fraction of sp³-hybridized carbons (Fsp3) is 0.875. The van der Waals surface area contributed by atoms with Gasteiger partial charge >= 0.3 is 13.8 Å². The molecule has 0 bridgehead atoms. The third-order valence-electron chi connectivity index (χ3n) is 5.04. The lowest BCUT2D eigenvalue weighted by molar-refractivity contribution is -0.873. The summed E-state index contributed by atoms with van der Waals surface area (Å²) in [6.45, 7) is 6.38. The Morgan fingerprint density at radius 3 is 1.94 bits per heavy atom. The molecule has 0 aromatic rings. The zero-order valence-electron chi connectivity index (χ0n) is 21.1. The van der Waals surface area contributed by atoms with Crippen LogP contribution in [0.1, 0.15) is 90.4 Å². The lowest BCUT2D eigenvalue weighted by atomic mass is 10.1. The predicted molar refractivity (Wildman–Crippen MR) is 130 cm³/mol. The number of likely N-dealkylation sites (N-methyl/N-ethyl adjacent to an activating group) is 1. The maximum atomic E-state index is 12.3. The van der Waals surface area contributed by atoms with E-state index in [1.165, 1.54) is 63.9 Å². The lowest BCUT2D eigenvalue weighted by Crippen LogP contribution is -2.43. The number of phosphoric acid groups is 1. The molecular weight excluding hydrogens is 429 g/mol. The number of hydrogen-bond acceptors (Lipinski definition) is 5. The Hall–Kier alpha value is -0.720. The minimum Gasteiger partial charge on any atom is -0.461 e. The van der Waals surface area contributed by atoms with Crippen molar-refractivity contribution in [2.75, 3.05) is 40.9 Å². The quantitative estimate of drug-likeness (QED) is 0.0674. The van der Waals surface area contributed by atoms with Gasteiger partial charge < -0.3 is 14.1 Å². The van der Waals surface area contributed by atoms with Crippen molar-refractivity contribution < 1.29 is 32.5 Å². The van der Waals surface area contributed by atoms with Crippen LogP contribution in [0.2, 0.25) is 0 Å². The van der Waals surface area contributed by atoms with Crippen molar-refractivity contribution in [1.82, 2.24) is 0 Å². The summed E-state index contributed by atoms with van der Waals surface area (Å²) in [5.74, 6) is -0.496. The van der Waals surface area contributed by atoms with Crippen molar-refractivity contribution in [3.8, 4) is 0 Å². The number of carbonyl (C=O) groups excluding carboxylic acids is 1. The van der Waals surface area contributed by atoms with Crippen LogP contribution in [0.15, 0.2) is 12.7 Å². The molecule has 0 aliphatic heterocycles. The molecule has 7 nitrogen and oxygen atoms in total. The fourth-order valence-electron chi connectivity index (χ4n) is 3.48. The molecular formula is C24H49NO6P+. The molecule has 0 saturated heterocycles. The Balaban J connectivity index is 4.04. The van der Waals surface area contributed by atoms with Gasteiger partial charge in [0.25, 0.3) is 0 Å². The van der Waals surface area contributed by atoms with Crippen LogP contribution in [0.5, 0.6) is 0 Å². The summed E-state index contributed by atoms with van der Waals surface area (Å²) >= 11 is 0. The number of unbranched alkanes of at least 4 members (excludes halogenated alkanes) is 11. The van der Waals surface area contributed by atoms with Gasteiger partial charge in [0.1, 0.15) is 19.3 Å². The van der Waals surface area contributed by atoms with Gasteiger partial charge in [0.15, 0.2) is 0 Å². The van der Waals surface area contributed by atoms with Crippen molar-refractivity contribution >= 4 is 13.8 Å². The van der Waals surface area contributed by atoms with Crippen LogP contribution in [0.25, 0.3) is 0 Å². The summed E-state index contributed by atoms with van der Waals surface area (Å²) in [5.41, 5.74) is 0. The first kappa shape index (κ1) is 31.3. The van der Waals surface area contributed by atoms with E-state index in [2.05, 4.69) is 13.5 Å². The molecule has 0 heterocycles. The zero-order chi connectivity index (χ0) is 24.3. The topological polar surface area (TPSA) is 82.1 Å². The van der Waals surface area contributed by atoms with Crippen molar-refractivity contribution in [2.24, 2.45) is 0 Å². The first-order chi connectivity index (χ1) is 15.1. The van der Waals surface area contributed by atoms with E-state index in [9.17, 15) is 14.3 Å². The molecule has 0 aliphatic rings. The number of phosphoric ester groups is 1. The molecule has 190 valence electrons. The summed E-state index contributed by atoms with van der Waals surface area (Å²) in [7, 11) is 1.52. The highest BCUT2D eigenvalue weighted by Gasteiger charge is 2.32. The van der Waals surface area contributed by atoms with E-state index in [0.29, 0.717) is 17.4 Å². The number of nitrogens with zero attached hydrogens (tertiary/aromatic N) is 1. The second kappa shape index (κ2) is 18.7. The van der Waals surface area contributed by atoms with Crippen LogP contribution in [0.3, 0.4) is 0 Å². The standard InChI is InChI=1S/C24H48NO6P/c1-6-8-9-10-11-12-13-14-15-16-17-18-20-30-32(27,28)31-23(22-25(3,4)5)21-24(26)29-19-7-2/h7,23H,2,6,8-22H2,1,3-5H3/p+1/t23-/m1/s1. The normalized spacial score (nSPS) is 14.7.